The van der Waals surface area contributed by atoms with Gasteiger partial charge in [-0.3, -0.25) is 4.79 Å². The number of carboxylic acid groups (broad SMARTS) is 1. The van der Waals surface area contributed by atoms with Crippen molar-refractivity contribution >= 4 is 6.47 Å². The van der Waals surface area contributed by atoms with Crippen molar-refractivity contribution in [2.24, 2.45) is 0 Å². The molecule has 0 aliphatic heterocycles. The van der Waals surface area contributed by atoms with Crippen LogP contribution in [0.1, 0.15) is 24.0 Å². The van der Waals surface area contributed by atoms with Crippen LogP contribution >= 0.6 is 0 Å². The molecule has 3 heteroatoms. The van der Waals surface area contributed by atoms with Gasteiger partial charge >= 0.3 is 0 Å². The first-order valence-electron chi connectivity index (χ1n) is 5.13. The molecule has 3 nitrogen and oxygen atoms in total. The van der Waals surface area contributed by atoms with Gasteiger partial charge in [-0.2, -0.15) is 0 Å². The highest BCUT2D eigenvalue weighted by molar-refractivity contribution is 5.32. The van der Waals surface area contributed by atoms with E-state index in [-0.39, 0.29) is 6.47 Å². The molecule has 1 aromatic carbocycles. The first-order chi connectivity index (χ1) is 7.27. The Labute approximate surface area is 90.1 Å². The second-order valence-electron chi connectivity index (χ2n) is 3.69. The Kier molecular flexibility index (Phi) is 4.84. The average Bonchev–Trinajstić information content (AvgIpc) is 3.02. The van der Waals surface area contributed by atoms with Crippen molar-refractivity contribution in [3.05, 3.63) is 35.4 Å². The monoisotopic (exact) mass is 207 g/mol. The molecule has 1 aliphatic rings. The van der Waals surface area contributed by atoms with Gasteiger partial charge in [0.05, 0.1) is 0 Å². The Morgan fingerprint density at radius 1 is 1.47 bits per heavy atom. The van der Waals surface area contributed by atoms with Crippen LogP contribution in [0.15, 0.2) is 24.3 Å². The smallest absolute Gasteiger partial charge is 0.290 e. The van der Waals surface area contributed by atoms with E-state index >= 15 is 0 Å². The lowest BCUT2D eigenvalue weighted by Crippen LogP contribution is -2.15. The standard InChI is InChI=1S/C11H15N.CH2O2/c1-9-4-2-3-5-10(9)8-12-11-6-7-11;2-1-3/h2-5,11-12H,6-8H2,1H3;1H,(H,2,3). The van der Waals surface area contributed by atoms with E-state index in [0.717, 1.165) is 12.6 Å². The molecule has 0 atom stereocenters. The summed E-state index contributed by atoms with van der Waals surface area (Å²) in [5.41, 5.74) is 2.83. The minimum absolute atomic E-state index is 0.250. The van der Waals surface area contributed by atoms with Crippen molar-refractivity contribution in [2.75, 3.05) is 0 Å². The highest BCUT2D eigenvalue weighted by atomic mass is 16.3. The predicted molar refractivity (Wildman–Crippen MR) is 59.7 cm³/mol. The molecule has 0 unspecified atom stereocenters. The van der Waals surface area contributed by atoms with E-state index in [0.29, 0.717) is 0 Å². The minimum atomic E-state index is -0.250. The summed E-state index contributed by atoms with van der Waals surface area (Å²) in [6, 6.07) is 9.38. The predicted octanol–water partition coefficient (Wildman–Crippen LogP) is 1.95. The van der Waals surface area contributed by atoms with Crippen LogP contribution in [0, 0.1) is 6.92 Å². The second-order valence-corrected chi connectivity index (χ2v) is 3.69. The van der Waals surface area contributed by atoms with Gasteiger partial charge in [0, 0.05) is 12.6 Å². The van der Waals surface area contributed by atoms with Gasteiger partial charge in [-0.1, -0.05) is 24.3 Å². The van der Waals surface area contributed by atoms with Crippen LogP contribution < -0.4 is 5.32 Å². The van der Waals surface area contributed by atoms with Crippen LogP contribution in [0.2, 0.25) is 0 Å². The van der Waals surface area contributed by atoms with Crippen LogP contribution in [0.4, 0.5) is 0 Å². The molecule has 0 spiro atoms. The molecule has 0 saturated heterocycles. The first-order valence-corrected chi connectivity index (χ1v) is 5.13. The van der Waals surface area contributed by atoms with Crippen molar-refractivity contribution in [2.45, 2.75) is 32.4 Å². The number of hydrogen-bond acceptors (Lipinski definition) is 2. The number of carbonyl (C=O) groups is 1. The Morgan fingerprint density at radius 2 is 2.07 bits per heavy atom. The molecule has 1 saturated carbocycles. The van der Waals surface area contributed by atoms with Crippen LogP contribution in [0.5, 0.6) is 0 Å². The third kappa shape index (κ3) is 4.61. The van der Waals surface area contributed by atoms with Gasteiger partial charge < -0.3 is 10.4 Å². The fourth-order valence-corrected chi connectivity index (χ4v) is 1.35. The van der Waals surface area contributed by atoms with Crippen molar-refractivity contribution in [1.82, 2.24) is 5.32 Å². The Bertz CT molecular complexity index is 308. The largest absolute Gasteiger partial charge is 0.483 e. The molecular weight excluding hydrogens is 190 g/mol. The molecular formula is C12H17NO2. The van der Waals surface area contributed by atoms with E-state index in [1.807, 2.05) is 0 Å². The number of nitrogens with one attached hydrogen (secondary N) is 1. The Morgan fingerprint density at radius 3 is 2.60 bits per heavy atom. The maximum Gasteiger partial charge on any atom is 0.290 e. The SMILES string of the molecule is Cc1ccccc1CNC1CC1.O=CO. The molecule has 1 fully saturated rings. The third-order valence-electron chi connectivity index (χ3n) is 2.42. The maximum absolute atomic E-state index is 8.36. The van der Waals surface area contributed by atoms with Crippen LogP contribution in [-0.4, -0.2) is 17.6 Å². The van der Waals surface area contributed by atoms with Gasteiger partial charge in [0.15, 0.2) is 0 Å². The summed E-state index contributed by atoms with van der Waals surface area (Å²) in [7, 11) is 0. The summed E-state index contributed by atoms with van der Waals surface area (Å²) in [6.45, 7) is 2.96. The van der Waals surface area contributed by atoms with E-state index in [1.165, 1.54) is 24.0 Å². The summed E-state index contributed by atoms with van der Waals surface area (Å²) in [4.78, 5) is 8.36. The molecule has 0 heterocycles. The third-order valence-corrected chi connectivity index (χ3v) is 2.42. The van der Waals surface area contributed by atoms with E-state index in [4.69, 9.17) is 9.90 Å². The molecule has 1 aromatic rings. The maximum atomic E-state index is 8.36. The van der Waals surface area contributed by atoms with Gasteiger partial charge in [0.2, 0.25) is 0 Å². The summed E-state index contributed by atoms with van der Waals surface area (Å²) >= 11 is 0. The summed E-state index contributed by atoms with van der Waals surface area (Å²) < 4.78 is 0. The summed E-state index contributed by atoms with van der Waals surface area (Å²) in [6.07, 6.45) is 2.73. The molecule has 2 rings (SSSR count). The summed E-state index contributed by atoms with van der Waals surface area (Å²) in [5.74, 6) is 0. The fraction of sp³-hybridized carbons (Fsp3) is 0.417. The molecule has 0 aromatic heterocycles. The van der Waals surface area contributed by atoms with Crippen molar-refractivity contribution in [3.8, 4) is 0 Å². The molecule has 1 aliphatic carbocycles. The van der Waals surface area contributed by atoms with E-state index in [9.17, 15) is 0 Å². The molecule has 15 heavy (non-hydrogen) atoms. The normalized spacial score (nSPS) is 13.9. The molecule has 0 amide bonds. The average molecular weight is 207 g/mol. The van der Waals surface area contributed by atoms with Gasteiger partial charge in [0.25, 0.3) is 6.47 Å². The van der Waals surface area contributed by atoms with Crippen LogP contribution in [0.3, 0.4) is 0 Å². The van der Waals surface area contributed by atoms with E-state index in [1.54, 1.807) is 0 Å². The molecule has 82 valence electrons. The zero-order chi connectivity index (χ0) is 11.1. The molecule has 2 N–H and O–H groups in total. The first kappa shape index (κ1) is 11.7. The number of aryl methyl sites for hydroxylation is 1. The Balaban J connectivity index is 0.000000337. The molecule has 0 radical (unpaired) electrons. The summed E-state index contributed by atoms with van der Waals surface area (Å²) in [5, 5.41) is 10.4. The highest BCUT2D eigenvalue weighted by Crippen LogP contribution is 2.19. The van der Waals surface area contributed by atoms with E-state index < -0.39 is 0 Å². The van der Waals surface area contributed by atoms with Crippen molar-refractivity contribution in [3.63, 3.8) is 0 Å². The second kappa shape index (κ2) is 6.19. The minimum Gasteiger partial charge on any atom is -0.483 e. The van der Waals surface area contributed by atoms with Gasteiger partial charge in [-0.25, -0.2) is 0 Å². The van der Waals surface area contributed by atoms with Gasteiger partial charge in [-0.15, -0.1) is 0 Å². The number of benzene rings is 1. The van der Waals surface area contributed by atoms with Gasteiger partial charge in [-0.05, 0) is 30.9 Å². The van der Waals surface area contributed by atoms with Gasteiger partial charge in [0.1, 0.15) is 0 Å². The zero-order valence-corrected chi connectivity index (χ0v) is 8.94. The lowest BCUT2D eigenvalue weighted by atomic mass is 10.1. The number of rotatable bonds is 3. The topological polar surface area (TPSA) is 49.3 Å². The lowest BCUT2D eigenvalue weighted by molar-refractivity contribution is -0.122. The van der Waals surface area contributed by atoms with Crippen LogP contribution in [0.25, 0.3) is 0 Å². The lowest BCUT2D eigenvalue weighted by Gasteiger charge is -2.05. The van der Waals surface area contributed by atoms with Crippen molar-refractivity contribution < 1.29 is 9.90 Å². The van der Waals surface area contributed by atoms with Crippen molar-refractivity contribution in [1.29, 1.82) is 0 Å². The fourth-order valence-electron chi connectivity index (χ4n) is 1.35. The van der Waals surface area contributed by atoms with E-state index in [2.05, 4.69) is 36.5 Å². The molecule has 0 bridgehead atoms. The zero-order valence-electron chi connectivity index (χ0n) is 8.94. The van der Waals surface area contributed by atoms with Crippen LogP contribution in [-0.2, 0) is 11.3 Å². The number of hydrogen-bond donors (Lipinski definition) is 2. The highest BCUT2D eigenvalue weighted by Gasteiger charge is 2.19. The Hall–Kier alpha value is -1.35. The quantitative estimate of drug-likeness (QED) is 0.745.